The number of hydrogen-bond acceptors (Lipinski definition) is 8. The van der Waals surface area contributed by atoms with Crippen molar-refractivity contribution in [1.29, 1.82) is 0 Å². The highest BCUT2D eigenvalue weighted by Crippen LogP contribution is 2.17. The lowest BCUT2D eigenvalue weighted by molar-refractivity contribution is 0.0738. The van der Waals surface area contributed by atoms with Crippen LogP contribution in [-0.4, -0.2) is 81.2 Å². The third kappa shape index (κ3) is 4.94. The first-order valence-electron chi connectivity index (χ1n) is 9.11. The number of nitrogens with zero attached hydrogens (tertiary/aromatic N) is 3. The standard InChI is InChI=1S/C17H27N5O4S/c1-11-13(8-18-17(19-11)22(2)3)16(23)21-15-10-27(24,25)9-14(15)20-12-4-6-26-7-5-12/h8,12,14-15,20H,4-7,9-10H2,1-3H3,(H,21,23)/t14-,15-/m1/s1. The van der Waals surface area contributed by atoms with E-state index in [-0.39, 0.29) is 29.5 Å². The van der Waals surface area contributed by atoms with E-state index in [0.29, 0.717) is 30.4 Å². The van der Waals surface area contributed by atoms with E-state index in [9.17, 15) is 13.2 Å². The Bertz CT molecular complexity index is 793. The molecule has 27 heavy (non-hydrogen) atoms. The maximum Gasteiger partial charge on any atom is 0.255 e. The van der Waals surface area contributed by atoms with E-state index in [2.05, 4.69) is 20.6 Å². The Balaban J connectivity index is 1.70. The highest BCUT2D eigenvalue weighted by molar-refractivity contribution is 7.91. The summed E-state index contributed by atoms with van der Waals surface area (Å²) >= 11 is 0. The third-order valence-electron chi connectivity index (χ3n) is 4.95. The molecule has 1 aromatic rings. The molecule has 3 heterocycles. The predicted molar refractivity (Wildman–Crippen MR) is 102 cm³/mol. The lowest BCUT2D eigenvalue weighted by Crippen LogP contribution is -2.53. The summed E-state index contributed by atoms with van der Waals surface area (Å²) in [5.41, 5.74) is 0.913. The number of carbonyl (C=O) groups is 1. The van der Waals surface area contributed by atoms with Gasteiger partial charge in [0.2, 0.25) is 5.95 Å². The van der Waals surface area contributed by atoms with Crippen molar-refractivity contribution >= 4 is 21.7 Å². The highest BCUT2D eigenvalue weighted by Gasteiger charge is 2.39. The molecule has 2 atom stereocenters. The Morgan fingerprint density at radius 2 is 1.89 bits per heavy atom. The number of rotatable bonds is 5. The molecular formula is C17H27N5O4S. The van der Waals surface area contributed by atoms with Crippen molar-refractivity contribution in [3.8, 4) is 0 Å². The number of amides is 1. The molecule has 2 N–H and O–H groups in total. The smallest absolute Gasteiger partial charge is 0.255 e. The molecule has 1 amide bonds. The van der Waals surface area contributed by atoms with Crippen LogP contribution in [0.2, 0.25) is 0 Å². The van der Waals surface area contributed by atoms with Crippen LogP contribution in [0.25, 0.3) is 0 Å². The van der Waals surface area contributed by atoms with Gasteiger partial charge in [0.1, 0.15) is 0 Å². The lowest BCUT2D eigenvalue weighted by Gasteiger charge is -2.29. The van der Waals surface area contributed by atoms with E-state index in [1.807, 2.05) is 14.1 Å². The Kier molecular flexibility index (Phi) is 5.97. The largest absolute Gasteiger partial charge is 0.381 e. The molecular weight excluding hydrogens is 370 g/mol. The van der Waals surface area contributed by atoms with Crippen molar-refractivity contribution < 1.29 is 17.9 Å². The van der Waals surface area contributed by atoms with Gasteiger partial charge in [-0.1, -0.05) is 0 Å². The van der Waals surface area contributed by atoms with Crippen LogP contribution in [0.3, 0.4) is 0 Å². The summed E-state index contributed by atoms with van der Waals surface area (Å²) in [6.07, 6.45) is 3.17. The van der Waals surface area contributed by atoms with Gasteiger partial charge in [-0.25, -0.2) is 18.4 Å². The third-order valence-corrected chi connectivity index (χ3v) is 6.69. The van der Waals surface area contributed by atoms with Gasteiger partial charge in [-0.05, 0) is 19.8 Å². The molecule has 10 heteroatoms. The Morgan fingerprint density at radius 3 is 2.52 bits per heavy atom. The molecule has 1 aromatic heterocycles. The quantitative estimate of drug-likeness (QED) is 0.685. The van der Waals surface area contributed by atoms with Crippen LogP contribution >= 0.6 is 0 Å². The molecule has 150 valence electrons. The minimum atomic E-state index is -3.20. The first-order valence-corrected chi connectivity index (χ1v) is 10.9. The summed E-state index contributed by atoms with van der Waals surface area (Å²) in [7, 11) is 0.450. The van der Waals surface area contributed by atoms with E-state index in [1.54, 1.807) is 11.8 Å². The second-order valence-electron chi connectivity index (χ2n) is 7.38. The fraction of sp³-hybridized carbons (Fsp3) is 0.706. The van der Waals surface area contributed by atoms with Crippen LogP contribution < -0.4 is 15.5 Å². The minimum Gasteiger partial charge on any atom is -0.381 e. The summed E-state index contributed by atoms with van der Waals surface area (Å²) in [5.74, 6) is 0.143. The predicted octanol–water partition coefficient (Wildman–Crippen LogP) is -0.485. The Morgan fingerprint density at radius 1 is 1.22 bits per heavy atom. The topological polar surface area (TPSA) is 114 Å². The van der Waals surface area contributed by atoms with Crippen molar-refractivity contribution in [2.45, 2.75) is 37.9 Å². The first-order chi connectivity index (χ1) is 12.7. The Hall–Kier alpha value is -1.78. The van der Waals surface area contributed by atoms with Crippen molar-refractivity contribution in [2.24, 2.45) is 0 Å². The van der Waals surface area contributed by atoms with Gasteiger partial charge < -0.3 is 20.3 Å². The molecule has 3 rings (SSSR count). The van der Waals surface area contributed by atoms with Gasteiger partial charge in [0.25, 0.3) is 5.91 Å². The average Bonchev–Trinajstić information content (AvgIpc) is 2.88. The first kappa shape index (κ1) is 20.0. The molecule has 9 nitrogen and oxygen atoms in total. The molecule has 2 aliphatic heterocycles. The molecule has 0 aliphatic carbocycles. The van der Waals surface area contributed by atoms with Gasteiger partial charge >= 0.3 is 0 Å². The van der Waals surface area contributed by atoms with E-state index in [4.69, 9.17) is 4.74 Å². The zero-order valence-corrected chi connectivity index (χ0v) is 16.8. The SMILES string of the molecule is Cc1nc(N(C)C)ncc1C(=O)N[C@@H]1CS(=O)(=O)C[C@H]1NC1CCOCC1. The average molecular weight is 398 g/mol. The van der Waals surface area contributed by atoms with Crippen LogP contribution in [-0.2, 0) is 14.6 Å². The summed E-state index contributed by atoms with van der Waals surface area (Å²) in [4.78, 5) is 23.0. The van der Waals surface area contributed by atoms with Gasteiger partial charge in [0.05, 0.1) is 28.8 Å². The van der Waals surface area contributed by atoms with Crippen molar-refractivity contribution in [3.05, 3.63) is 17.5 Å². The zero-order chi connectivity index (χ0) is 19.6. The fourth-order valence-electron chi connectivity index (χ4n) is 3.46. The summed E-state index contributed by atoms with van der Waals surface area (Å²) in [6, 6.07) is -0.566. The number of carbonyl (C=O) groups excluding carboxylic acids is 1. The molecule has 0 unspecified atom stereocenters. The normalized spacial score (nSPS) is 25.3. The summed E-state index contributed by atoms with van der Waals surface area (Å²) in [5, 5.41) is 6.28. The van der Waals surface area contributed by atoms with Crippen LogP contribution in [0.5, 0.6) is 0 Å². The van der Waals surface area contributed by atoms with Gasteiger partial charge in [-0.15, -0.1) is 0 Å². The number of anilines is 1. The van der Waals surface area contributed by atoms with Crippen LogP contribution in [0.1, 0.15) is 28.9 Å². The highest BCUT2D eigenvalue weighted by atomic mass is 32.2. The van der Waals surface area contributed by atoms with Gasteiger partial charge in [-0.3, -0.25) is 4.79 Å². The van der Waals surface area contributed by atoms with Crippen molar-refractivity contribution in [3.63, 3.8) is 0 Å². The molecule has 0 aromatic carbocycles. The Labute approximate surface area is 159 Å². The maximum absolute atomic E-state index is 12.7. The lowest BCUT2D eigenvalue weighted by atomic mass is 10.1. The van der Waals surface area contributed by atoms with E-state index < -0.39 is 15.9 Å². The molecule has 0 saturated carbocycles. The van der Waals surface area contributed by atoms with Crippen LogP contribution in [0.4, 0.5) is 5.95 Å². The zero-order valence-electron chi connectivity index (χ0n) is 15.9. The summed E-state index contributed by atoms with van der Waals surface area (Å²) in [6.45, 7) is 3.08. The molecule has 0 bridgehead atoms. The second kappa shape index (κ2) is 8.07. The van der Waals surface area contributed by atoms with Gasteiger partial charge in [-0.2, -0.15) is 0 Å². The second-order valence-corrected chi connectivity index (χ2v) is 9.53. The van der Waals surface area contributed by atoms with Gasteiger partial charge in [0, 0.05) is 45.6 Å². The number of hydrogen-bond donors (Lipinski definition) is 2. The van der Waals surface area contributed by atoms with E-state index >= 15 is 0 Å². The molecule has 2 fully saturated rings. The van der Waals surface area contributed by atoms with Crippen molar-refractivity contribution in [2.75, 3.05) is 43.7 Å². The van der Waals surface area contributed by atoms with Gasteiger partial charge in [0.15, 0.2) is 9.84 Å². The molecule has 0 spiro atoms. The van der Waals surface area contributed by atoms with Crippen molar-refractivity contribution in [1.82, 2.24) is 20.6 Å². The maximum atomic E-state index is 12.7. The number of aryl methyl sites for hydroxylation is 1. The van der Waals surface area contributed by atoms with E-state index in [0.717, 1.165) is 12.8 Å². The minimum absolute atomic E-state index is 0.0321. The number of aromatic nitrogens is 2. The number of nitrogens with one attached hydrogen (secondary N) is 2. The van der Waals surface area contributed by atoms with E-state index in [1.165, 1.54) is 6.20 Å². The summed E-state index contributed by atoms with van der Waals surface area (Å²) < 4.78 is 29.7. The van der Waals surface area contributed by atoms with Crippen LogP contribution in [0, 0.1) is 6.92 Å². The number of sulfone groups is 1. The monoisotopic (exact) mass is 397 g/mol. The number of ether oxygens (including phenoxy) is 1. The fourth-order valence-corrected chi connectivity index (χ4v) is 5.33. The molecule has 2 saturated heterocycles. The van der Waals surface area contributed by atoms with Crippen LogP contribution in [0.15, 0.2) is 6.20 Å². The molecule has 0 radical (unpaired) electrons. The molecule has 2 aliphatic rings.